The molecule has 2 nitrogen and oxygen atoms in total. The number of hydrogen-bond acceptors (Lipinski definition) is 2. The van der Waals surface area contributed by atoms with E-state index in [2.05, 4.69) is 17.4 Å². The van der Waals surface area contributed by atoms with Gasteiger partial charge in [-0.25, -0.2) is 4.39 Å². The number of ether oxygens (including phenoxy) is 1. The molecule has 0 amide bonds. The molecule has 0 aromatic heterocycles. The molecule has 3 heteroatoms. The SMILES string of the molecule is Fc1ccccc1Oc1ccc(CC2CCNCC2)cc1. The molecule has 3 rings (SSSR count). The molecule has 1 fully saturated rings. The van der Waals surface area contributed by atoms with Gasteiger partial charge in [0.25, 0.3) is 0 Å². The smallest absolute Gasteiger partial charge is 0.165 e. The molecule has 0 aliphatic carbocycles. The lowest BCUT2D eigenvalue weighted by Crippen LogP contribution is -2.28. The zero-order valence-electron chi connectivity index (χ0n) is 12.0. The van der Waals surface area contributed by atoms with E-state index in [1.807, 2.05) is 12.1 Å². The van der Waals surface area contributed by atoms with Gasteiger partial charge in [-0.05, 0) is 68.1 Å². The van der Waals surface area contributed by atoms with Crippen LogP contribution in [0.4, 0.5) is 4.39 Å². The molecule has 0 saturated carbocycles. The van der Waals surface area contributed by atoms with E-state index in [0.717, 1.165) is 25.4 Å². The minimum Gasteiger partial charge on any atom is -0.454 e. The molecule has 110 valence electrons. The molecule has 21 heavy (non-hydrogen) atoms. The average Bonchev–Trinajstić information content (AvgIpc) is 2.52. The molecule has 1 saturated heterocycles. The monoisotopic (exact) mass is 285 g/mol. The van der Waals surface area contributed by atoms with Crippen LogP contribution in [0.5, 0.6) is 11.5 Å². The molecule has 1 aliphatic rings. The van der Waals surface area contributed by atoms with Crippen LogP contribution in [0.1, 0.15) is 18.4 Å². The average molecular weight is 285 g/mol. The van der Waals surface area contributed by atoms with Crippen LogP contribution < -0.4 is 10.1 Å². The summed E-state index contributed by atoms with van der Waals surface area (Å²) in [5.41, 5.74) is 1.32. The maximum Gasteiger partial charge on any atom is 0.165 e. The Morgan fingerprint density at radius 2 is 1.71 bits per heavy atom. The lowest BCUT2D eigenvalue weighted by molar-refractivity contribution is 0.372. The third-order valence-corrected chi connectivity index (χ3v) is 3.97. The van der Waals surface area contributed by atoms with Crippen molar-refractivity contribution in [3.63, 3.8) is 0 Å². The van der Waals surface area contributed by atoms with Gasteiger partial charge < -0.3 is 10.1 Å². The van der Waals surface area contributed by atoms with Gasteiger partial charge in [-0.15, -0.1) is 0 Å². The van der Waals surface area contributed by atoms with Gasteiger partial charge >= 0.3 is 0 Å². The van der Waals surface area contributed by atoms with Crippen molar-refractivity contribution in [2.45, 2.75) is 19.3 Å². The van der Waals surface area contributed by atoms with Crippen molar-refractivity contribution in [2.24, 2.45) is 5.92 Å². The molecule has 2 aromatic carbocycles. The molecular weight excluding hydrogens is 265 g/mol. The van der Waals surface area contributed by atoms with Crippen molar-refractivity contribution < 1.29 is 9.13 Å². The first-order chi connectivity index (χ1) is 10.3. The Morgan fingerprint density at radius 1 is 1.00 bits per heavy atom. The van der Waals surface area contributed by atoms with Crippen molar-refractivity contribution >= 4 is 0 Å². The van der Waals surface area contributed by atoms with Gasteiger partial charge in [0.15, 0.2) is 11.6 Å². The van der Waals surface area contributed by atoms with Gasteiger partial charge in [0.05, 0.1) is 0 Å². The molecule has 0 unspecified atom stereocenters. The number of halogens is 1. The molecular formula is C18H20FNO. The van der Waals surface area contributed by atoms with Crippen LogP contribution in [0, 0.1) is 11.7 Å². The predicted molar refractivity (Wildman–Crippen MR) is 82.2 cm³/mol. The second-order valence-electron chi connectivity index (χ2n) is 5.57. The zero-order valence-corrected chi connectivity index (χ0v) is 12.0. The molecule has 2 aromatic rings. The number of rotatable bonds is 4. The Hall–Kier alpha value is -1.87. The Balaban J connectivity index is 1.62. The summed E-state index contributed by atoms with van der Waals surface area (Å²) in [6.07, 6.45) is 3.60. The standard InChI is InChI=1S/C18H20FNO/c19-17-3-1-2-4-18(17)21-16-7-5-14(6-8-16)13-15-9-11-20-12-10-15/h1-8,15,20H,9-13H2. The molecule has 1 N–H and O–H groups in total. The van der Waals surface area contributed by atoms with Gasteiger partial charge in [0.1, 0.15) is 5.75 Å². The Labute approximate surface area is 125 Å². The lowest BCUT2D eigenvalue weighted by Gasteiger charge is -2.22. The van der Waals surface area contributed by atoms with Gasteiger partial charge in [0.2, 0.25) is 0 Å². The van der Waals surface area contributed by atoms with E-state index >= 15 is 0 Å². The Morgan fingerprint density at radius 3 is 2.43 bits per heavy atom. The van der Waals surface area contributed by atoms with Crippen molar-refractivity contribution in [2.75, 3.05) is 13.1 Å². The fourth-order valence-electron chi connectivity index (χ4n) is 2.77. The van der Waals surface area contributed by atoms with Crippen LogP contribution >= 0.6 is 0 Å². The van der Waals surface area contributed by atoms with E-state index < -0.39 is 0 Å². The van der Waals surface area contributed by atoms with Crippen LogP contribution in [0.25, 0.3) is 0 Å². The third-order valence-electron chi connectivity index (χ3n) is 3.97. The van der Waals surface area contributed by atoms with E-state index in [1.165, 1.54) is 24.5 Å². The minimum atomic E-state index is -0.337. The van der Waals surface area contributed by atoms with Gasteiger partial charge in [-0.3, -0.25) is 0 Å². The molecule has 1 aliphatic heterocycles. The maximum absolute atomic E-state index is 13.5. The summed E-state index contributed by atoms with van der Waals surface area (Å²) in [4.78, 5) is 0. The number of benzene rings is 2. The Kier molecular flexibility index (Phi) is 4.51. The van der Waals surface area contributed by atoms with Gasteiger partial charge in [-0.2, -0.15) is 0 Å². The van der Waals surface area contributed by atoms with Gasteiger partial charge in [-0.1, -0.05) is 24.3 Å². The third kappa shape index (κ3) is 3.82. The van der Waals surface area contributed by atoms with Crippen LogP contribution in [-0.4, -0.2) is 13.1 Å². The largest absolute Gasteiger partial charge is 0.454 e. The molecule has 0 spiro atoms. The fourth-order valence-corrected chi connectivity index (χ4v) is 2.77. The highest BCUT2D eigenvalue weighted by atomic mass is 19.1. The quantitative estimate of drug-likeness (QED) is 0.910. The topological polar surface area (TPSA) is 21.3 Å². The summed E-state index contributed by atoms with van der Waals surface area (Å²) >= 11 is 0. The first kappa shape index (κ1) is 14.1. The minimum absolute atomic E-state index is 0.267. The molecule has 0 atom stereocenters. The maximum atomic E-state index is 13.5. The summed E-state index contributed by atoms with van der Waals surface area (Å²) in [6, 6.07) is 14.5. The highest BCUT2D eigenvalue weighted by Crippen LogP contribution is 2.25. The van der Waals surface area contributed by atoms with Crippen molar-refractivity contribution in [1.29, 1.82) is 0 Å². The summed E-state index contributed by atoms with van der Waals surface area (Å²) in [7, 11) is 0. The number of piperidine rings is 1. The molecule has 0 radical (unpaired) electrons. The zero-order chi connectivity index (χ0) is 14.5. The molecule has 0 bridgehead atoms. The first-order valence-corrected chi connectivity index (χ1v) is 7.53. The highest BCUT2D eigenvalue weighted by Gasteiger charge is 2.13. The highest BCUT2D eigenvalue weighted by molar-refractivity contribution is 5.33. The van der Waals surface area contributed by atoms with Crippen molar-refractivity contribution in [3.05, 3.63) is 59.9 Å². The predicted octanol–water partition coefficient (Wildman–Crippen LogP) is 4.16. The summed E-state index contributed by atoms with van der Waals surface area (Å²) in [5.74, 6) is 1.37. The summed E-state index contributed by atoms with van der Waals surface area (Å²) in [5, 5.41) is 3.39. The van der Waals surface area contributed by atoms with Crippen LogP contribution in [-0.2, 0) is 6.42 Å². The first-order valence-electron chi connectivity index (χ1n) is 7.53. The van der Waals surface area contributed by atoms with E-state index in [9.17, 15) is 4.39 Å². The number of hydrogen-bond donors (Lipinski definition) is 1. The molecule has 1 heterocycles. The second-order valence-corrected chi connectivity index (χ2v) is 5.57. The normalized spacial score (nSPS) is 15.9. The Bertz CT molecular complexity index is 576. The number of nitrogens with one attached hydrogen (secondary N) is 1. The van der Waals surface area contributed by atoms with Crippen LogP contribution in [0.3, 0.4) is 0 Å². The number of para-hydroxylation sites is 1. The lowest BCUT2D eigenvalue weighted by atomic mass is 9.91. The summed E-state index contributed by atoms with van der Waals surface area (Å²) < 4.78 is 19.1. The van der Waals surface area contributed by atoms with E-state index in [-0.39, 0.29) is 11.6 Å². The van der Waals surface area contributed by atoms with E-state index in [0.29, 0.717) is 5.75 Å². The summed E-state index contributed by atoms with van der Waals surface area (Å²) in [6.45, 7) is 2.25. The van der Waals surface area contributed by atoms with Crippen molar-refractivity contribution in [3.8, 4) is 11.5 Å². The second kappa shape index (κ2) is 6.72. The fraction of sp³-hybridized carbons (Fsp3) is 0.333. The van der Waals surface area contributed by atoms with Gasteiger partial charge in [0, 0.05) is 0 Å². The van der Waals surface area contributed by atoms with E-state index in [1.54, 1.807) is 18.2 Å². The van der Waals surface area contributed by atoms with Crippen LogP contribution in [0.15, 0.2) is 48.5 Å². The van der Waals surface area contributed by atoms with Crippen molar-refractivity contribution in [1.82, 2.24) is 5.32 Å². The van der Waals surface area contributed by atoms with E-state index in [4.69, 9.17) is 4.74 Å². The van der Waals surface area contributed by atoms with Crippen LogP contribution in [0.2, 0.25) is 0 Å².